The van der Waals surface area contributed by atoms with Gasteiger partial charge in [0, 0.05) is 44.2 Å². The Morgan fingerprint density at radius 3 is 2.91 bits per heavy atom. The number of hydrogen-bond donors (Lipinski definition) is 3. The van der Waals surface area contributed by atoms with E-state index in [-0.39, 0.29) is 18.2 Å². The number of aliphatic hydroxyl groups excluding tert-OH is 1. The number of nitrogens with two attached hydrogens (primary N) is 2. The third-order valence-electron chi connectivity index (χ3n) is 5.52. The molecule has 1 unspecified atom stereocenters. The highest BCUT2D eigenvalue weighted by molar-refractivity contribution is 5.59. The van der Waals surface area contributed by atoms with Crippen LogP contribution in [-0.4, -0.2) is 55.2 Å². The highest BCUT2D eigenvalue weighted by Crippen LogP contribution is 2.29. The van der Waals surface area contributed by atoms with Crippen LogP contribution in [-0.2, 0) is 5.92 Å². The number of hydrogen-bond acceptors (Lipinski definition) is 8. The molecule has 32 heavy (non-hydrogen) atoms. The van der Waals surface area contributed by atoms with Crippen LogP contribution < -0.4 is 16.5 Å². The lowest BCUT2D eigenvalue weighted by atomic mass is 10.1. The number of alkyl halides is 2. The molecule has 0 saturated carbocycles. The van der Waals surface area contributed by atoms with Crippen LogP contribution in [0, 0.1) is 0 Å². The lowest BCUT2D eigenvalue weighted by Gasteiger charge is -2.37. The number of fused-ring (bicyclic) bond motifs is 1. The predicted molar refractivity (Wildman–Crippen MR) is 116 cm³/mol. The molecule has 0 aliphatic carbocycles. The van der Waals surface area contributed by atoms with Crippen molar-refractivity contribution >= 4 is 11.5 Å². The Morgan fingerprint density at radius 1 is 1.34 bits per heavy atom. The quantitative estimate of drug-likeness (QED) is 0.389. The van der Waals surface area contributed by atoms with E-state index in [9.17, 15) is 8.78 Å². The molecule has 3 aromatic rings. The van der Waals surface area contributed by atoms with E-state index in [1.165, 1.54) is 17.3 Å². The fourth-order valence-electron chi connectivity index (χ4n) is 3.80. The minimum atomic E-state index is -2.97. The topological polar surface area (TPSA) is 122 Å². The van der Waals surface area contributed by atoms with E-state index in [2.05, 4.69) is 19.9 Å². The summed E-state index contributed by atoms with van der Waals surface area (Å²) in [7, 11) is 0. The van der Waals surface area contributed by atoms with Gasteiger partial charge in [0.25, 0.3) is 5.92 Å². The van der Waals surface area contributed by atoms with E-state index in [4.69, 9.17) is 16.7 Å². The molecule has 0 bridgehead atoms. The molecule has 1 aliphatic heterocycles. The molecule has 1 aliphatic rings. The van der Waals surface area contributed by atoms with E-state index in [1.54, 1.807) is 35.1 Å². The molecule has 9 nitrogen and oxygen atoms in total. The van der Waals surface area contributed by atoms with Gasteiger partial charge in [-0.2, -0.15) is 0 Å². The maximum absolute atomic E-state index is 13.8. The zero-order chi connectivity index (χ0) is 22.9. The Labute approximate surface area is 184 Å². The van der Waals surface area contributed by atoms with Crippen LogP contribution >= 0.6 is 0 Å². The van der Waals surface area contributed by atoms with Crippen LogP contribution in [0.25, 0.3) is 17.2 Å². The third-order valence-corrected chi connectivity index (χ3v) is 5.52. The summed E-state index contributed by atoms with van der Waals surface area (Å²) >= 11 is 0. The van der Waals surface area contributed by atoms with Crippen LogP contribution in [0.5, 0.6) is 0 Å². The molecule has 1 saturated heterocycles. The van der Waals surface area contributed by atoms with Crippen molar-refractivity contribution in [3.8, 4) is 11.5 Å². The molecule has 1 atom stereocenters. The summed E-state index contributed by atoms with van der Waals surface area (Å²) in [6.07, 6.45) is 7.91. The number of rotatable bonds is 6. The SMILES string of the molecule is CC(F)(F)c1ccc2ncc(-c3nccc(N4CCCC(N(N)/C=C(\N)CO)C4)n3)n2c1. The van der Waals surface area contributed by atoms with Crippen LogP contribution in [0.1, 0.15) is 25.3 Å². The van der Waals surface area contributed by atoms with Crippen LogP contribution in [0.15, 0.2) is 48.7 Å². The van der Waals surface area contributed by atoms with Crippen molar-refractivity contribution in [3.05, 3.63) is 54.3 Å². The van der Waals surface area contributed by atoms with E-state index in [0.717, 1.165) is 26.3 Å². The number of halogens is 2. The minimum Gasteiger partial charge on any atom is -0.399 e. The number of imidazole rings is 1. The molecule has 5 N–H and O–H groups in total. The fraction of sp³-hybridized carbons (Fsp3) is 0.381. The maximum atomic E-state index is 13.8. The molecule has 1 fully saturated rings. The molecule has 4 rings (SSSR count). The summed E-state index contributed by atoms with van der Waals surface area (Å²) in [6.45, 7) is 2.00. The van der Waals surface area contributed by atoms with Gasteiger partial charge in [0.05, 0.1) is 24.5 Å². The fourth-order valence-corrected chi connectivity index (χ4v) is 3.80. The number of aliphatic hydroxyl groups is 1. The molecule has 0 spiro atoms. The first-order chi connectivity index (χ1) is 15.3. The number of pyridine rings is 1. The Morgan fingerprint density at radius 2 is 2.16 bits per heavy atom. The van der Waals surface area contributed by atoms with E-state index in [0.29, 0.717) is 35.2 Å². The van der Waals surface area contributed by atoms with E-state index < -0.39 is 5.92 Å². The summed E-state index contributed by atoms with van der Waals surface area (Å²) in [4.78, 5) is 15.4. The molecular formula is C21H26F2N8O. The zero-order valence-electron chi connectivity index (χ0n) is 17.7. The van der Waals surface area contributed by atoms with Gasteiger partial charge in [0.15, 0.2) is 5.82 Å². The van der Waals surface area contributed by atoms with E-state index in [1.807, 2.05) is 0 Å². The van der Waals surface area contributed by atoms with Gasteiger partial charge in [-0.3, -0.25) is 4.40 Å². The average molecular weight is 444 g/mol. The molecule has 4 heterocycles. The van der Waals surface area contributed by atoms with Gasteiger partial charge in [0.2, 0.25) is 0 Å². The van der Waals surface area contributed by atoms with Crippen molar-refractivity contribution in [2.45, 2.75) is 31.7 Å². The Balaban J connectivity index is 1.62. The first kappa shape index (κ1) is 21.9. The van der Waals surface area contributed by atoms with Crippen molar-refractivity contribution in [2.24, 2.45) is 11.6 Å². The minimum absolute atomic E-state index is 0.00240. The second-order valence-electron chi connectivity index (χ2n) is 7.97. The lowest BCUT2D eigenvalue weighted by molar-refractivity contribution is 0.0170. The standard InChI is InChI=1S/C21H26F2N8O/c1-21(22,23)14-4-5-18-27-9-17(30(18)10-14)20-26-7-6-19(28-20)29-8-2-3-16(12-29)31(25)11-15(24)13-32/h4-7,9-11,16,32H,2-3,8,12-13,24-25H2,1H3/b15-11-. The lowest BCUT2D eigenvalue weighted by Crippen LogP contribution is -2.49. The van der Waals surface area contributed by atoms with Crippen molar-refractivity contribution in [1.29, 1.82) is 0 Å². The van der Waals surface area contributed by atoms with Crippen molar-refractivity contribution in [2.75, 3.05) is 24.6 Å². The second kappa shape index (κ2) is 8.67. The third kappa shape index (κ3) is 4.48. The first-order valence-corrected chi connectivity index (χ1v) is 10.3. The largest absolute Gasteiger partial charge is 0.399 e. The Bertz CT molecular complexity index is 1130. The Kier molecular flexibility index (Phi) is 5.94. The highest BCUT2D eigenvalue weighted by Gasteiger charge is 2.26. The second-order valence-corrected chi connectivity index (χ2v) is 7.97. The van der Waals surface area contributed by atoms with Gasteiger partial charge >= 0.3 is 0 Å². The zero-order valence-corrected chi connectivity index (χ0v) is 17.7. The summed E-state index contributed by atoms with van der Waals surface area (Å²) < 4.78 is 29.2. The smallest absolute Gasteiger partial charge is 0.271 e. The number of aromatic nitrogens is 4. The van der Waals surface area contributed by atoms with Crippen LogP contribution in [0.2, 0.25) is 0 Å². The van der Waals surface area contributed by atoms with Crippen molar-refractivity contribution in [3.63, 3.8) is 0 Å². The molecule has 0 amide bonds. The van der Waals surface area contributed by atoms with Gasteiger partial charge in [-0.25, -0.2) is 29.6 Å². The predicted octanol–water partition coefficient (Wildman–Crippen LogP) is 1.84. The van der Waals surface area contributed by atoms with Gasteiger partial charge in [-0.05, 0) is 31.0 Å². The summed E-state index contributed by atoms with van der Waals surface area (Å²) in [5, 5.41) is 10.6. The Hall–Kier alpha value is -3.31. The van der Waals surface area contributed by atoms with Crippen LogP contribution in [0.4, 0.5) is 14.6 Å². The molecule has 170 valence electrons. The average Bonchev–Trinajstić information content (AvgIpc) is 3.22. The van der Waals surface area contributed by atoms with Crippen molar-refractivity contribution in [1.82, 2.24) is 24.4 Å². The summed E-state index contributed by atoms with van der Waals surface area (Å²) in [5.74, 6) is 4.25. The monoisotopic (exact) mass is 444 g/mol. The van der Waals surface area contributed by atoms with Gasteiger partial charge in [-0.15, -0.1) is 0 Å². The number of anilines is 1. The van der Waals surface area contributed by atoms with Gasteiger partial charge in [0.1, 0.15) is 17.2 Å². The highest BCUT2D eigenvalue weighted by atomic mass is 19.3. The van der Waals surface area contributed by atoms with Crippen molar-refractivity contribution < 1.29 is 13.9 Å². The van der Waals surface area contributed by atoms with Gasteiger partial charge < -0.3 is 20.7 Å². The first-order valence-electron chi connectivity index (χ1n) is 10.3. The van der Waals surface area contributed by atoms with Crippen LogP contribution in [0.3, 0.4) is 0 Å². The molecule has 3 aromatic heterocycles. The number of piperidine rings is 1. The maximum Gasteiger partial charge on any atom is 0.271 e. The summed E-state index contributed by atoms with van der Waals surface area (Å²) in [5.41, 5.74) is 6.92. The molecular weight excluding hydrogens is 418 g/mol. The van der Waals surface area contributed by atoms with E-state index >= 15 is 0 Å². The number of hydrazine groups is 1. The molecule has 0 radical (unpaired) electrons. The summed E-state index contributed by atoms with van der Waals surface area (Å²) in [6, 6.07) is 4.72. The number of nitrogens with zero attached hydrogens (tertiary/aromatic N) is 6. The molecule has 11 heteroatoms. The molecule has 0 aromatic carbocycles. The normalized spacial score (nSPS) is 17.7. The van der Waals surface area contributed by atoms with Gasteiger partial charge in [-0.1, -0.05) is 0 Å².